The third-order valence-electron chi connectivity index (χ3n) is 14.5. The van der Waals surface area contributed by atoms with Gasteiger partial charge in [0, 0.05) is 12.8 Å². The largest absolute Gasteiger partial charge is 0.545 e. The lowest BCUT2D eigenvalue weighted by atomic mass is 10.0. The highest BCUT2D eigenvalue weighted by molar-refractivity contribution is 5.70. The minimum atomic E-state index is -1.64. The second-order valence-electron chi connectivity index (χ2n) is 23.7. The fourth-order valence-corrected chi connectivity index (χ4v) is 9.36. The zero-order chi connectivity index (χ0) is 60.5. The van der Waals surface area contributed by atoms with Crippen molar-refractivity contribution in [2.24, 2.45) is 0 Å². The van der Waals surface area contributed by atoms with E-state index in [1.807, 2.05) is 21.1 Å². The first-order valence-electron chi connectivity index (χ1n) is 34.0. The number of esters is 2. The van der Waals surface area contributed by atoms with Crippen molar-refractivity contribution in [3.8, 4) is 0 Å². The van der Waals surface area contributed by atoms with Crippen molar-refractivity contribution >= 4 is 17.9 Å². The van der Waals surface area contributed by atoms with Gasteiger partial charge in [0.2, 0.25) is 0 Å². The molecule has 0 rings (SSSR count). The van der Waals surface area contributed by atoms with Crippen molar-refractivity contribution in [2.45, 2.75) is 296 Å². The maximum atomic E-state index is 12.9. The van der Waals surface area contributed by atoms with Crippen LogP contribution in [-0.2, 0) is 33.3 Å². The van der Waals surface area contributed by atoms with Crippen LogP contribution in [0.5, 0.6) is 0 Å². The average Bonchev–Trinajstić information content (AvgIpc) is 3.46. The minimum absolute atomic E-state index is 0.132. The van der Waals surface area contributed by atoms with Crippen LogP contribution in [0.2, 0.25) is 0 Å². The number of unbranched alkanes of at least 4 members (excludes halogenated alkanes) is 29. The maximum absolute atomic E-state index is 12.9. The Balaban J connectivity index is 4.24. The van der Waals surface area contributed by atoms with Gasteiger partial charge >= 0.3 is 11.9 Å². The molecule has 476 valence electrons. The van der Waals surface area contributed by atoms with Crippen LogP contribution in [0, 0.1) is 0 Å². The number of hydrogen-bond donors (Lipinski definition) is 0. The lowest BCUT2D eigenvalue weighted by molar-refractivity contribution is -0.870. The highest BCUT2D eigenvalue weighted by Gasteiger charge is 2.22. The van der Waals surface area contributed by atoms with Gasteiger partial charge in [-0.3, -0.25) is 9.59 Å². The van der Waals surface area contributed by atoms with E-state index in [0.29, 0.717) is 23.9 Å². The molecule has 0 aliphatic carbocycles. The predicted molar refractivity (Wildman–Crippen MR) is 352 cm³/mol. The van der Waals surface area contributed by atoms with Crippen LogP contribution in [0.15, 0.2) is 109 Å². The molecule has 0 aliphatic rings. The molecule has 9 nitrogen and oxygen atoms in total. The molecular formula is C74H127NO8. The van der Waals surface area contributed by atoms with Gasteiger partial charge in [-0.05, 0) is 77.0 Å². The number of likely N-dealkylation sites (N-methyl/N-ethyl adjacent to an activating group) is 1. The van der Waals surface area contributed by atoms with Gasteiger partial charge < -0.3 is 33.3 Å². The Morgan fingerprint density at radius 3 is 1.01 bits per heavy atom. The molecule has 0 saturated heterocycles. The Labute approximate surface area is 511 Å². The summed E-state index contributed by atoms with van der Waals surface area (Å²) in [5.74, 6) is -2.36. The highest BCUT2D eigenvalue weighted by Crippen LogP contribution is 2.17. The summed E-state index contributed by atoms with van der Waals surface area (Å²) >= 11 is 0. The molecule has 0 heterocycles. The number of quaternary nitrogens is 1. The molecular weight excluding hydrogens is 1030 g/mol. The molecule has 0 radical (unpaired) electrons. The van der Waals surface area contributed by atoms with Gasteiger partial charge in [0.15, 0.2) is 12.4 Å². The molecule has 0 aromatic carbocycles. The van der Waals surface area contributed by atoms with Crippen LogP contribution in [0.4, 0.5) is 0 Å². The predicted octanol–water partition coefficient (Wildman–Crippen LogP) is 19.7. The summed E-state index contributed by atoms with van der Waals surface area (Å²) in [4.78, 5) is 37.4. The van der Waals surface area contributed by atoms with Gasteiger partial charge in [-0.15, -0.1) is 0 Å². The van der Waals surface area contributed by atoms with E-state index in [2.05, 4.69) is 123 Å². The normalized spacial score (nSPS) is 13.4. The van der Waals surface area contributed by atoms with E-state index in [0.717, 1.165) is 77.0 Å². The molecule has 0 fully saturated rings. The highest BCUT2D eigenvalue weighted by atomic mass is 16.7. The van der Waals surface area contributed by atoms with E-state index < -0.39 is 24.3 Å². The molecule has 0 N–H and O–H groups in total. The van der Waals surface area contributed by atoms with Gasteiger partial charge in [-0.25, -0.2) is 0 Å². The first kappa shape index (κ1) is 79.0. The topological polar surface area (TPSA) is 111 Å². The molecule has 9 heteroatoms. The summed E-state index contributed by atoms with van der Waals surface area (Å²) in [6.07, 6.45) is 86.1. The Morgan fingerprint density at radius 1 is 0.373 bits per heavy atom. The molecule has 2 unspecified atom stereocenters. The number of allylic oxidation sites excluding steroid dienone is 18. The maximum Gasteiger partial charge on any atom is 0.306 e. The van der Waals surface area contributed by atoms with Gasteiger partial charge in [0.1, 0.15) is 13.2 Å². The van der Waals surface area contributed by atoms with Gasteiger partial charge in [0.05, 0.1) is 40.3 Å². The number of rotatable bonds is 62. The molecule has 0 bridgehead atoms. The summed E-state index contributed by atoms with van der Waals surface area (Å²) < 4.78 is 22.7. The first-order valence-corrected chi connectivity index (χ1v) is 34.0. The molecule has 0 aromatic heterocycles. The van der Waals surface area contributed by atoms with E-state index in [1.54, 1.807) is 0 Å². The number of carbonyl (C=O) groups excluding carboxylic acids is 3. The molecule has 0 amide bonds. The number of ether oxygens (including phenoxy) is 4. The van der Waals surface area contributed by atoms with Crippen molar-refractivity contribution in [2.75, 3.05) is 47.5 Å². The Morgan fingerprint density at radius 2 is 0.687 bits per heavy atom. The van der Waals surface area contributed by atoms with Crippen LogP contribution < -0.4 is 5.11 Å². The Bertz CT molecular complexity index is 1730. The van der Waals surface area contributed by atoms with Crippen molar-refractivity contribution in [3.63, 3.8) is 0 Å². The van der Waals surface area contributed by atoms with Gasteiger partial charge in [0.25, 0.3) is 0 Å². The van der Waals surface area contributed by atoms with Crippen molar-refractivity contribution < 1.29 is 42.9 Å². The summed E-state index contributed by atoms with van der Waals surface area (Å²) in [6.45, 7) is 4.59. The molecule has 0 aromatic rings. The molecule has 0 spiro atoms. The fourth-order valence-electron chi connectivity index (χ4n) is 9.36. The molecule has 83 heavy (non-hydrogen) atoms. The SMILES string of the molecule is CC/C=C\C/C=C\C/C=C\C/C=C\C/C=C\C/C=C\C/C=C\C/C=C\C/C=C\CCCC(=O)OC(COC(=O)CCCCCCCCCCCCCCCCCCCCCCCCCCCCCCC)COC(OCC[N+](C)(C)C)C(=O)[O-]. The van der Waals surface area contributed by atoms with Crippen LogP contribution in [0.25, 0.3) is 0 Å². The van der Waals surface area contributed by atoms with Crippen molar-refractivity contribution in [3.05, 3.63) is 109 Å². The zero-order valence-electron chi connectivity index (χ0n) is 54.3. The quantitative estimate of drug-likeness (QED) is 0.0195. The minimum Gasteiger partial charge on any atom is -0.545 e. The third-order valence-corrected chi connectivity index (χ3v) is 14.5. The first-order chi connectivity index (χ1) is 40.6. The number of hydrogen-bond acceptors (Lipinski definition) is 8. The standard InChI is InChI=1S/C74H127NO8/c1-6-8-10-12-14-16-18-20-22-24-26-28-30-32-34-36-38-40-42-44-46-48-50-52-54-56-58-60-62-64-71(76)81-68-70(69-82-74(73(78)79)80-67-66-75(3,4)5)83-72(77)65-63-61-59-57-55-53-51-49-47-45-43-41-39-37-35-33-31-29-27-25-23-21-19-17-15-13-11-9-7-2/h9,11,15,17,21,23,27,29,33,35,39,41,45,47,51,53,57,59,70,74H,6-8,10,12-14,16,18-20,22,24-26,28,30-32,34,36-38,40,42-44,46,48-50,52,54-56,58,60-69H2,1-5H3/b11-9-,17-15-,23-21-,29-27-,35-33-,41-39-,47-45-,53-51-,59-57-. The monoisotopic (exact) mass is 1160 g/mol. The average molecular weight is 1160 g/mol. The van der Waals surface area contributed by atoms with Crippen molar-refractivity contribution in [1.82, 2.24) is 0 Å². The lowest BCUT2D eigenvalue weighted by Gasteiger charge is -2.26. The Hall–Kier alpha value is -4.05. The number of carboxylic acids is 1. The Kier molecular flexibility index (Phi) is 60.8. The second kappa shape index (κ2) is 64.0. The number of aliphatic carboxylic acids is 1. The fraction of sp³-hybridized carbons (Fsp3) is 0.716. The smallest absolute Gasteiger partial charge is 0.306 e. The molecule has 0 saturated carbocycles. The van der Waals surface area contributed by atoms with Crippen LogP contribution in [-0.4, -0.2) is 82.3 Å². The van der Waals surface area contributed by atoms with Crippen LogP contribution >= 0.6 is 0 Å². The summed E-state index contributed by atoms with van der Waals surface area (Å²) in [6, 6.07) is 0. The van der Waals surface area contributed by atoms with Gasteiger partial charge in [-0.1, -0.05) is 303 Å². The van der Waals surface area contributed by atoms with Crippen LogP contribution in [0.3, 0.4) is 0 Å². The summed E-state index contributed by atoms with van der Waals surface area (Å²) in [5.41, 5.74) is 0. The van der Waals surface area contributed by atoms with Crippen molar-refractivity contribution in [1.29, 1.82) is 0 Å². The lowest BCUT2D eigenvalue weighted by Crippen LogP contribution is -2.44. The zero-order valence-corrected chi connectivity index (χ0v) is 54.3. The number of carboxylic acid groups (broad SMARTS) is 1. The molecule has 2 atom stereocenters. The summed E-state index contributed by atoms with van der Waals surface area (Å²) in [7, 11) is 5.91. The summed E-state index contributed by atoms with van der Waals surface area (Å²) in [5, 5.41) is 11.8. The van der Waals surface area contributed by atoms with E-state index in [1.165, 1.54) is 167 Å². The van der Waals surface area contributed by atoms with E-state index in [9.17, 15) is 19.5 Å². The van der Waals surface area contributed by atoms with Gasteiger partial charge in [-0.2, -0.15) is 0 Å². The van der Waals surface area contributed by atoms with E-state index in [-0.39, 0.29) is 38.6 Å². The van der Waals surface area contributed by atoms with Crippen LogP contribution in [0.1, 0.15) is 284 Å². The number of carbonyl (C=O) groups is 3. The number of nitrogens with zero attached hydrogens (tertiary/aromatic N) is 1. The molecule has 0 aliphatic heterocycles. The third kappa shape index (κ3) is 65.3. The van der Waals surface area contributed by atoms with E-state index >= 15 is 0 Å². The second-order valence-corrected chi connectivity index (χ2v) is 23.7. The van der Waals surface area contributed by atoms with E-state index in [4.69, 9.17) is 18.9 Å².